The maximum atomic E-state index is 2.41. The molecule has 0 spiro atoms. The molecule has 1 fully saturated rings. The molecule has 1 rings (SSSR count). The highest BCUT2D eigenvalue weighted by molar-refractivity contribution is 8.11. The number of rotatable bonds is 4. The maximum absolute atomic E-state index is 2.41. The Morgan fingerprint density at radius 3 is 2.42 bits per heavy atom. The molecule has 0 nitrogen and oxygen atoms in total. The lowest BCUT2D eigenvalue weighted by atomic mass is 9.82. The second-order valence-electron chi connectivity index (χ2n) is 4.09. The molecule has 72 valence electrons. The molecule has 0 bridgehead atoms. The Morgan fingerprint density at radius 1 is 1.17 bits per heavy atom. The van der Waals surface area contributed by atoms with E-state index in [9.17, 15) is 0 Å². The van der Waals surface area contributed by atoms with Crippen LogP contribution in [0.2, 0.25) is 0 Å². The molecule has 2 unspecified atom stereocenters. The lowest BCUT2D eigenvalue weighted by molar-refractivity contribution is 0.285. The third kappa shape index (κ3) is 4.20. The second kappa shape index (κ2) is 6.33. The van der Waals surface area contributed by atoms with Gasteiger partial charge in [-0.25, -0.2) is 0 Å². The van der Waals surface area contributed by atoms with Gasteiger partial charge in [-0.05, 0) is 31.1 Å². The van der Waals surface area contributed by atoms with E-state index in [4.69, 9.17) is 0 Å². The van der Waals surface area contributed by atoms with Gasteiger partial charge in [-0.1, -0.05) is 40.9 Å². The Labute approximate surface area is 80.7 Å². The summed E-state index contributed by atoms with van der Waals surface area (Å²) in [5, 5.41) is 0. The van der Waals surface area contributed by atoms with E-state index in [0.717, 1.165) is 11.8 Å². The van der Waals surface area contributed by atoms with E-state index in [2.05, 4.69) is 13.6 Å². The minimum atomic E-state index is 1.02. The molecule has 0 radical (unpaired) electrons. The molecule has 0 aliphatic heterocycles. The zero-order chi connectivity index (χ0) is 8.81. The van der Waals surface area contributed by atoms with Gasteiger partial charge in [0.25, 0.3) is 0 Å². The van der Waals surface area contributed by atoms with Crippen LogP contribution in [0.1, 0.15) is 39.0 Å². The van der Waals surface area contributed by atoms with Crippen molar-refractivity contribution in [1.29, 1.82) is 0 Å². The van der Waals surface area contributed by atoms with Crippen LogP contribution in [0.15, 0.2) is 0 Å². The predicted molar refractivity (Wildman–Crippen MR) is 63.2 cm³/mol. The van der Waals surface area contributed by atoms with Crippen LogP contribution < -0.4 is 0 Å². The second-order valence-corrected chi connectivity index (χ2v) is 8.01. The molecule has 0 aromatic rings. The maximum Gasteiger partial charge on any atom is -0.0314 e. The fraction of sp³-hybridized carbons (Fsp3) is 1.00. The Morgan fingerprint density at radius 2 is 1.83 bits per heavy atom. The van der Waals surface area contributed by atoms with Gasteiger partial charge in [0.15, 0.2) is 0 Å². The Hall–Kier alpha value is 0.860. The van der Waals surface area contributed by atoms with Gasteiger partial charge in [0.05, 0.1) is 0 Å². The summed E-state index contributed by atoms with van der Waals surface area (Å²) in [7, 11) is 2.46. The molecule has 0 saturated heterocycles. The van der Waals surface area contributed by atoms with Crippen molar-refractivity contribution in [3.8, 4) is 0 Å². The molecular formula is C10H22P2. The standard InChI is InChI=1S/C10H22P2/c1-9-3-5-10(6-4-9)7-8-12-11-2/h9-12H,3-8H2,1-2H3. The molecule has 0 N–H and O–H groups in total. The van der Waals surface area contributed by atoms with E-state index in [0.29, 0.717) is 0 Å². The van der Waals surface area contributed by atoms with Crippen molar-refractivity contribution in [1.82, 2.24) is 0 Å². The summed E-state index contributed by atoms with van der Waals surface area (Å²) in [5.41, 5.74) is 0. The molecule has 0 aromatic heterocycles. The van der Waals surface area contributed by atoms with Gasteiger partial charge in [-0.2, -0.15) is 0 Å². The minimum Gasteiger partial charge on any atom is -0.102 e. The zero-order valence-electron chi connectivity index (χ0n) is 8.40. The van der Waals surface area contributed by atoms with Gasteiger partial charge < -0.3 is 0 Å². The van der Waals surface area contributed by atoms with Crippen LogP contribution in [0.25, 0.3) is 0 Å². The smallest absolute Gasteiger partial charge is 0.0314 e. The van der Waals surface area contributed by atoms with Crippen molar-refractivity contribution >= 4 is 16.5 Å². The molecule has 12 heavy (non-hydrogen) atoms. The molecular weight excluding hydrogens is 182 g/mol. The first-order chi connectivity index (χ1) is 5.83. The lowest BCUT2D eigenvalue weighted by Gasteiger charge is -2.25. The Balaban J connectivity index is 2.01. The molecule has 1 aliphatic rings. The van der Waals surface area contributed by atoms with Crippen LogP contribution in [0.4, 0.5) is 0 Å². The van der Waals surface area contributed by atoms with Crippen LogP contribution in [0.5, 0.6) is 0 Å². The third-order valence-corrected chi connectivity index (χ3v) is 5.69. The van der Waals surface area contributed by atoms with Crippen LogP contribution in [-0.4, -0.2) is 12.8 Å². The molecule has 1 saturated carbocycles. The zero-order valence-corrected chi connectivity index (χ0v) is 10.4. The lowest BCUT2D eigenvalue weighted by Crippen LogP contribution is -2.12. The van der Waals surface area contributed by atoms with Crippen LogP contribution in [0, 0.1) is 11.8 Å². The van der Waals surface area contributed by atoms with Gasteiger partial charge in [0.2, 0.25) is 0 Å². The molecule has 2 atom stereocenters. The summed E-state index contributed by atoms with van der Waals surface area (Å²) in [6, 6.07) is 0. The topological polar surface area (TPSA) is 0 Å². The average molecular weight is 204 g/mol. The molecule has 0 amide bonds. The summed E-state index contributed by atoms with van der Waals surface area (Å²) >= 11 is 0. The Bertz CT molecular complexity index is 106. The third-order valence-electron chi connectivity index (χ3n) is 2.99. The number of hydrogen-bond donors (Lipinski definition) is 0. The van der Waals surface area contributed by atoms with Gasteiger partial charge in [0, 0.05) is 0 Å². The summed E-state index contributed by atoms with van der Waals surface area (Å²) in [4.78, 5) is 0. The van der Waals surface area contributed by atoms with E-state index in [1.807, 2.05) is 0 Å². The normalized spacial score (nSPS) is 32.5. The number of hydrogen-bond acceptors (Lipinski definition) is 0. The van der Waals surface area contributed by atoms with E-state index in [1.165, 1.54) is 54.8 Å². The first kappa shape index (κ1) is 10.9. The van der Waals surface area contributed by atoms with E-state index >= 15 is 0 Å². The van der Waals surface area contributed by atoms with Crippen molar-refractivity contribution in [2.75, 3.05) is 12.8 Å². The van der Waals surface area contributed by atoms with Crippen molar-refractivity contribution in [2.24, 2.45) is 11.8 Å². The highest BCUT2D eigenvalue weighted by Crippen LogP contribution is 2.37. The molecule has 0 aromatic carbocycles. The van der Waals surface area contributed by atoms with Gasteiger partial charge in [-0.3, -0.25) is 0 Å². The first-order valence-electron chi connectivity index (χ1n) is 5.22. The molecule has 2 heteroatoms. The fourth-order valence-corrected chi connectivity index (χ4v) is 4.00. The molecule has 0 heterocycles. The van der Waals surface area contributed by atoms with E-state index in [-0.39, 0.29) is 0 Å². The summed E-state index contributed by atoms with van der Waals surface area (Å²) < 4.78 is 0. The largest absolute Gasteiger partial charge is 0.102 e. The highest BCUT2D eigenvalue weighted by atomic mass is 32.0. The Kier molecular flexibility index (Phi) is 5.77. The van der Waals surface area contributed by atoms with Crippen molar-refractivity contribution in [2.45, 2.75) is 39.0 Å². The van der Waals surface area contributed by atoms with Crippen LogP contribution in [-0.2, 0) is 0 Å². The molecule has 1 aliphatic carbocycles. The predicted octanol–water partition coefficient (Wildman–Crippen LogP) is 4.10. The average Bonchev–Trinajstić information content (AvgIpc) is 2.09. The van der Waals surface area contributed by atoms with E-state index in [1.54, 1.807) is 0 Å². The van der Waals surface area contributed by atoms with Gasteiger partial charge >= 0.3 is 0 Å². The summed E-state index contributed by atoms with van der Waals surface area (Å²) in [6.07, 6.45) is 9.11. The SMILES string of the molecule is CPPCCC1CCC(C)CC1. The van der Waals surface area contributed by atoms with Gasteiger partial charge in [0.1, 0.15) is 0 Å². The highest BCUT2D eigenvalue weighted by Gasteiger charge is 2.17. The fourth-order valence-electron chi connectivity index (χ4n) is 2.02. The summed E-state index contributed by atoms with van der Waals surface area (Å²) in [6.45, 7) is 4.74. The summed E-state index contributed by atoms with van der Waals surface area (Å²) in [5.74, 6) is 2.13. The van der Waals surface area contributed by atoms with Gasteiger partial charge in [-0.15, -0.1) is 8.27 Å². The minimum absolute atomic E-state index is 1.02. The van der Waals surface area contributed by atoms with Crippen molar-refractivity contribution in [3.05, 3.63) is 0 Å². The quantitative estimate of drug-likeness (QED) is 0.477. The van der Waals surface area contributed by atoms with Crippen molar-refractivity contribution < 1.29 is 0 Å². The van der Waals surface area contributed by atoms with Crippen LogP contribution >= 0.6 is 16.5 Å². The monoisotopic (exact) mass is 204 g/mol. The first-order valence-corrected chi connectivity index (χ1v) is 8.93. The van der Waals surface area contributed by atoms with E-state index < -0.39 is 0 Å². The van der Waals surface area contributed by atoms with Crippen molar-refractivity contribution in [3.63, 3.8) is 0 Å². The van der Waals surface area contributed by atoms with Crippen LogP contribution in [0.3, 0.4) is 0 Å².